The number of hydrogen-bond acceptors (Lipinski definition) is 2. The smallest absolute Gasteiger partial charge is 0.307 e. The van der Waals surface area contributed by atoms with E-state index < -0.39 is 11.9 Å². The third-order valence-corrected chi connectivity index (χ3v) is 4.81. The minimum Gasteiger partial charge on any atom is -0.481 e. The number of anilines is 1. The molecule has 1 aromatic rings. The molecule has 21 heavy (non-hydrogen) atoms. The van der Waals surface area contributed by atoms with E-state index in [4.69, 9.17) is 0 Å². The van der Waals surface area contributed by atoms with Crippen LogP contribution in [-0.4, -0.2) is 23.5 Å². The Hall–Kier alpha value is -1.84. The van der Waals surface area contributed by atoms with Crippen molar-refractivity contribution in [3.63, 3.8) is 0 Å². The molecule has 1 amide bonds. The molecule has 3 rings (SSSR count). The first kappa shape index (κ1) is 14.1. The second-order valence-electron chi connectivity index (χ2n) is 6.35. The van der Waals surface area contributed by atoms with Crippen molar-refractivity contribution in [1.29, 1.82) is 0 Å². The summed E-state index contributed by atoms with van der Waals surface area (Å²) in [6, 6.07) is 7.96. The van der Waals surface area contributed by atoms with Crippen LogP contribution < -0.4 is 4.90 Å². The number of para-hydroxylation sites is 1. The van der Waals surface area contributed by atoms with Crippen LogP contribution in [-0.2, 0) is 16.0 Å². The Bertz CT molecular complexity index is 569. The first-order chi connectivity index (χ1) is 10.1. The average Bonchev–Trinajstić information content (AvgIpc) is 2.88. The number of carbonyl (C=O) groups excluding carboxylic acids is 1. The summed E-state index contributed by atoms with van der Waals surface area (Å²) in [5.41, 5.74) is 2.16. The molecule has 3 unspecified atom stereocenters. The molecule has 1 heterocycles. The van der Waals surface area contributed by atoms with Gasteiger partial charge in [0.2, 0.25) is 5.91 Å². The van der Waals surface area contributed by atoms with Crippen LogP contribution >= 0.6 is 0 Å². The Morgan fingerprint density at radius 2 is 1.90 bits per heavy atom. The molecule has 112 valence electrons. The number of fused-ring (bicyclic) bond motifs is 1. The summed E-state index contributed by atoms with van der Waals surface area (Å²) < 4.78 is 0. The lowest BCUT2D eigenvalue weighted by molar-refractivity contribution is -0.145. The molecule has 4 heteroatoms. The maximum absolute atomic E-state index is 12.9. The Morgan fingerprint density at radius 1 is 1.19 bits per heavy atom. The van der Waals surface area contributed by atoms with Crippen molar-refractivity contribution in [3.8, 4) is 0 Å². The van der Waals surface area contributed by atoms with Gasteiger partial charge in [-0.25, -0.2) is 0 Å². The lowest BCUT2D eigenvalue weighted by atomic mass is 9.92. The van der Waals surface area contributed by atoms with Gasteiger partial charge in [0.05, 0.1) is 11.8 Å². The van der Waals surface area contributed by atoms with Crippen molar-refractivity contribution < 1.29 is 14.7 Å². The van der Waals surface area contributed by atoms with E-state index in [2.05, 4.69) is 6.07 Å². The summed E-state index contributed by atoms with van der Waals surface area (Å²) in [6.45, 7) is 2.74. The standard InChI is InChI=1S/C17H21NO3/c1-11-9-13(14(10-11)17(20)21)16(19)18-8-4-6-12-5-2-3-7-15(12)18/h2-3,5,7,11,13-14H,4,6,8-10H2,1H3,(H,20,21). The highest BCUT2D eigenvalue weighted by Crippen LogP contribution is 2.39. The summed E-state index contributed by atoms with van der Waals surface area (Å²) in [4.78, 5) is 26.1. The maximum atomic E-state index is 12.9. The zero-order valence-electron chi connectivity index (χ0n) is 12.3. The number of carbonyl (C=O) groups is 2. The topological polar surface area (TPSA) is 57.6 Å². The number of nitrogens with zero attached hydrogens (tertiary/aromatic N) is 1. The van der Waals surface area contributed by atoms with Gasteiger partial charge in [-0.2, -0.15) is 0 Å². The van der Waals surface area contributed by atoms with Crippen LogP contribution in [0.2, 0.25) is 0 Å². The number of carboxylic acid groups (broad SMARTS) is 1. The molecule has 1 saturated carbocycles. The minimum absolute atomic E-state index is 0.00102. The molecule has 1 N–H and O–H groups in total. The van der Waals surface area contributed by atoms with Crippen molar-refractivity contribution in [2.75, 3.05) is 11.4 Å². The van der Waals surface area contributed by atoms with E-state index in [9.17, 15) is 14.7 Å². The molecule has 1 aliphatic carbocycles. The summed E-state index contributed by atoms with van der Waals surface area (Å²) in [5, 5.41) is 9.37. The van der Waals surface area contributed by atoms with Crippen molar-refractivity contribution in [3.05, 3.63) is 29.8 Å². The molecular formula is C17H21NO3. The fourth-order valence-corrected chi connectivity index (χ4v) is 3.80. The fourth-order valence-electron chi connectivity index (χ4n) is 3.80. The lowest BCUT2D eigenvalue weighted by Crippen LogP contribution is -2.42. The van der Waals surface area contributed by atoms with Gasteiger partial charge >= 0.3 is 5.97 Å². The quantitative estimate of drug-likeness (QED) is 0.910. The predicted molar refractivity (Wildman–Crippen MR) is 80.1 cm³/mol. The fraction of sp³-hybridized carbons (Fsp3) is 0.529. The summed E-state index contributed by atoms with van der Waals surface area (Å²) in [6.07, 6.45) is 3.24. The second-order valence-corrected chi connectivity index (χ2v) is 6.35. The van der Waals surface area contributed by atoms with Gasteiger partial charge < -0.3 is 10.0 Å². The number of aryl methyl sites for hydroxylation is 1. The number of benzene rings is 1. The highest BCUT2D eigenvalue weighted by atomic mass is 16.4. The molecule has 1 aliphatic heterocycles. The van der Waals surface area contributed by atoms with E-state index in [0.29, 0.717) is 25.3 Å². The van der Waals surface area contributed by atoms with Crippen molar-refractivity contribution in [2.45, 2.75) is 32.6 Å². The number of rotatable bonds is 2. The molecule has 0 radical (unpaired) electrons. The van der Waals surface area contributed by atoms with E-state index >= 15 is 0 Å². The van der Waals surface area contributed by atoms with Crippen LogP contribution in [0.5, 0.6) is 0 Å². The van der Waals surface area contributed by atoms with Gasteiger partial charge in [-0.15, -0.1) is 0 Å². The van der Waals surface area contributed by atoms with Crippen LogP contribution in [0.25, 0.3) is 0 Å². The number of amides is 1. The molecule has 1 aromatic carbocycles. The zero-order valence-corrected chi connectivity index (χ0v) is 12.3. The van der Waals surface area contributed by atoms with Crippen LogP contribution in [0, 0.1) is 17.8 Å². The maximum Gasteiger partial charge on any atom is 0.307 e. The van der Waals surface area contributed by atoms with E-state index in [0.717, 1.165) is 18.5 Å². The zero-order chi connectivity index (χ0) is 15.0. The van der Waals surface area contributed by atoms with Gasteiger partial charge in [0.1, 0.15) is 0 Å². The minimum atomic E-state index is -0.831. The lowest BCUT2D eigenvalue weighted by Gasteiger charge is -2.32. The molecule has 3 atom stereocenters. The van der Waals surface area contributed by atoms with E-state index in [1.807, 2.05) is 30.0 Å². The van der Waals surface area contributed by atoms with Gasteiger partial charge in [-0.05, 0) is 43.2 Å². The molecule has 1 fully saturated rings. The largest absolute Gasteiger partial charge is 0.481 e. The van der Waals surface area contributed by atoms with Crippen LogP contribution in [0.3, 0.4) is 0 Å². The van der Waals surface area contributed by atoms with Gasteiger partial charge in [0, 0.05) is 12.2 Å². The van der Waals surface area contributed by atoms with Gasteiger partial charge in [-0.3, -0.25) is 9.59 Å². The highest BCUT2D eigenvalue weighted by Gasteiger charge is 2.43. The van der Waals surface area contributed by atoms with Crippen LogP contribution in [0.1, 0.15) is 31.7 Å². The third kappa shape index (κ3) is 2.55. The number of carboxylic acids is 1. The van der Waals surface area contributed by atoms with Crippen molar-refractivity contribution in [2.24, 2.45) is 17.8 Å². The van der Waals surface area contributed by atoms with Gasteiger partial charge in [0.15, 0.2) is 0 Å². The Balaban J connectivity index is 1.87. The normalized spacial score (nSPS) is 28.2. The molecule has 0 saturated heterocycles. The van der Waals surface area contributed by atoms with E-state index in [1.165, 1.54) is 5.56 Å². The first-order valence-electron chi connectivity index (χ1n) is 7.70. The molecular weight excluding hydrogens is 266 g/mol. The third-order valence-electron chi connectivity index (χ3n) is 4.81. The van der Waals surface area contributed by atoms with Crippen LogP contribution in [0.4, 0.5) is 5.69 Å². The SMILES string of the molecule is CC1CC(C(=O)O)C(C(=O)N2CCCc3ccccc32)C1. The summed E-state index contributed by atoms with van der Waals surface area (Å²) >= 11 is 0. The number of aliphatic carboxylic acids is 1. The van der Waals surface area contributed by atoms with Crippen molar-refractivity contribution >= 4 is 17.6 Å². The first-order valence-corrected chi connectivity index (χ1v) is 7.70. The Labute approximate surface area is 124 Å². The van der Waals surface area contributed by atoms with Crippen molar-refractivity contribution in [1.82, 2.24) is 0 Å². The highest BCUT2D eigenvalue weighted by molar-refractivity contribution is 5.98. The monoisotopic (exact) mass is 287 g/mol. The predicted octanol–water partition coefficient (Wildman–Crippen LogP) is 2.71. The van der Waals surface area contributed by atoms with Gasteiger partial charge in [0.25, 0.3) is 0 Å². The van der Waals surface area contributed by atoms with Crippen LogP contribution in [0.15, 0.2) is 24.3 Å². The molecule has 0 aromatic heterocycles. The Kier molecular flexibility index (Phi) is 3.70. The van der Waals surface area contributed by atoms with E-state index in [1.54, 1.807) is 0 Å². The summed E-state index contributed by atoms with van der Waals surface area (Å²) in [5.74, 6) is -1.42. The summed E-state index contributed by atoms with van der Waals surface area (Å²) in [7, 11) is 0. The molecule has 0 bridgehead atoms. The molecule has 0 spiro atoms. The number of hydrogen-bond donors (Lipinski definition) is 1. The van der Waals surface area contributed by atoms with Gasteiger partial charge in [-0.1, -0.05) is 25.1 Å². The Morgan fingerprint density at radius 3 is 2.67 bits per heavy atom. The average molecular weight is 287 g/mol. The molecule has 4 nitrogen and oxygen atoms in total. The van der Waals surface area contributed by atoms with E-state index in [-0.39, 0.29) is 11.8 Å². The second kappa shape index (κ2) is 5.51. The molecule has 2 aliphatic rings.